The number of benzene rings is 1. The van der Waals surface area contributed by atoms with E-state index in [1.165, 1.54) is 0 Å². The molecule has 1 aliphatic rings. The summed E-state index contributed by atoms with van der Waals surface area (Å²) in [5.74, 6) is 1.91. The van der Waals surface area contributed by atoms with Crippen LogP contribution in [0.2, 0.25) is 0 Å². The Hall–Kier alpha value is -2.87. The van der Waals surface area contributed by atoms with Gasteiger partial charge in [0.25, 0.3) is 0 Å². The number of rotatable bonds is 7. The van der Waals surface area contributed by atoms with Gasteiger partial charge in [0, 0.05) is 18.6 Å². The molecule has 0 saturated heterocycles. The molecule has 8 heteroatoms. The van der Waals surface area contributed by atoms with Gasteiger partial charge >= 0.3 is 0 Å². The van der Waals surface area contributed by atoms with Gasteiger partial charge in [-0.05, 0) is 63.1 Å². The van der Waals surface area contributed by atoms with Crippen molar-refractivity contribution in [2.75, 3.05) is 12.4 Å². The van der Waals surface area contributed by atoms with Crippen LogP contribution in [0.4, 0.5) is 5.82 Å². The van der Waals surface area contributed by atoms with Gasteiger partial charge in [-0.2, -0.15) is 10.1 Å². The molecule has 33 heavy (non-hydrogen) atoms. The van der Waals surface area contributed by atoms with Crippen LogP contribution >= 0.6 is 0 Å². The first-order valence-electron chi connectivity index (χ1n) is 12.0. The van der Waals surface area contributed by atoms with E-state index in [1.54, 1.807) is 7.11 Å². The molecule has 1 saturated carbocycles. The zero-order valence-electron chi connectivity index (χ0n) is 20.4. The minimum Gasteiger partial charge on any atom is -0.497 e. The van der Waals surface area contributed by atoms with Crippen molar-refractivity contribution in [3.05, 3.63) is 41.1 Å². The summed E-state index contributed by atoms with van der Waals surface area (Å²) in [4.78, 5) is 10.1. The highest BCUT2D eigenvalue weighted by Crippen LogP contribution is 2.28. The summed E-state index contributed by atoms with van der Waals surface area (Å²) in [5, 5.41) is 11.5. The first-order chi connectivity index (χ1) is 15.9. The summed E-state index contributed by atoms with van der Waals surface area (Å²) in [6.45, 7) is 9.36. The highest BCUT2D eigenvalue weighted by atomic mass is 16.5. The summed E-state index contributed by atoms with van der Waals surface area (Å²) in [6, 6.07) is 8.81. The number of nitrogens with two attached hydrogens (primary N) is 1. The first-order valence-corrected chi connectivity index (χ1v) is 12.0. The van der Waals surface area contributed by atoms with E-state index >= 15 is 0 Å². The Morgan fingerprint density at radius 1 is 1.15 bits per heavy atom. The van der Waals surface area contributed by atoms with Crippen molar-refractivity contribution in [3.8, 4) is 5.75 Å². The van der Waals surface area contributed by atoms with Crippen molar-refractivity contribution >= 4 is 16.9 Å². The van der Waals surface area contributed by atoms with Gasteiger partial charge in [0.1, 0.15) is 5.75 Å². The number of hydrogen-bond donors (Lipinski definition) is 3. The fraction of sp³-hybridized carbons (Fsp3) is 0.560. The molecular weight excluding hydrogens is 414 g/mol. The minimum atomic E-state index is 0.204. The third-order valence-corrected chi connectivity index (χ3v) is 6.41. The molecule has 1 aliphatic carbocycles. The largest absolute Gasteiger partial charge is 0.497 e. The number of nitrogens with one attached hydrogen (secondary N) is 2. The zero-order chi connectivity index (χ0) is 23.5. The van der Waals surface area contributed by atoms with Crippen molar-refractivity contribution in [1.82, 2.24) is 19.7 Å². The van der Waals surface area contributed by atoms with E-state index in [9.17, 15) is 0 Å². The van der Waals surface area contributed by atoms with Gasteiger partial charge in [-0.3, -0.25) is 5.10 Å². The average molecular weight is 452 g/mol. The Morgan fingerprint density at radius 3 is 2.45 bits per heavy atom. The third kappa shape index (κ3) is 5.05. The zero-order valence-corrected chi connectivity index (χ0v) is 20.4. The second-order valence-corrected chi connectivity index (χ2v) is 9.61. The topological polar surface area (TPSA) is 106 Å². The van der Waals surface area contributed by atoms with Crippen molar-refractivity contribution < 1.29 is 4.74 Å². The molecule has 0 aliphatic heterocycles. The minimum absolute atomic E-state index is 0.204. The normalized spacial score (nSPS) is 19.6. The number of nitrogens with zero attached hydrogens (tertiary/aromatic N) is 4. The number of fused-ring (bicyclic) bond motifs is 1. The van der Waals surface area contributed by atoms with Gasteiger partial charge in [0.05, 0.1) is 24.4 Å². The molecule has 0 atom stereocenters. The smallest absolute Gasteiger partial charge is 0.227 e. The van der Waals surface area contributed by atoms with Crippen LogP contribution in [-0.4, -0.2) is 38.9 Å². The monoisotopic (exact) mass is 451 g/mol. The van der Waals surface area contributed by atoms with Gasteiger partial charge in [0.15, 0.2) is 11.3 Å². The van der Waals surface area contributed by atoms with E-state index in [2.05, 4.69) is 59.9 Å². The van der Waals surface area contributed by atoms with Crippen LogP contribution in [0.25, 0.3) is 11.0 Å². The van der Waals surface area contributed by atoms with Crippen molar-refractivity contribution in [3.63, 3.8) is 0 Å². The van der Waals surface area contributed by atoms with Crippen molar-refractivity contribution in [1.29, 1.82) is 0 Å². The van der Waals surface area contributed by atoms with E-state index < -0.39 is 0 Å². The van der Waals surface area contributed by atoms with E-state index in [4.69, 9.17) is 20.4 Å². The summed E-state index contributed by atoms with van der Waals surface area (Å²) in [6.07, 6.45) is 4.05. The van der Waals surface area contributed by atoms with Crippen LogP contribution in [-0.2, 0) is 6.54 Å². The predicted octanol–water partition coefficient (Wildman–Crippen LogP) is 4.26. The number of anilines is 1. The Morgan fingerprint density at radius 2 is 1.85 bits per heavy atom. The van der Waals surface area contributed by atoms with Crippen LogP contribution in [0, 0.1) is 0 Å². The van der Waals surface area contributed by atoms with Crippen LogP contribution in [0.15, 0.2) is 29.3 Å². The fourth-order valence-electron chi connectivity index (χ4n) is 4.49. The van der Waals surface area contributed by atoms with Gasteiger partial charge in [-0.1, -0.05) is 26.0 Å². The molecular formula is C25H37N7O. The van der Waals surface area contributed by atoms with Gasteiger partial charge in [0.2, 0.25) is 5.62 Å². The highest BCUT2D eigenvalue weighted by molar-refractivity contribution is 5.87. The van der Waals surface area contributed by atoms with E-state index in [1.807, 2.05) is 12.1 Å². The summed E-state index contributed by atoms with van der Waals surface area (Å²) >= 11 is 0. The molecule has 0 amide bonds. The van der Waals surface area contributed by atoms with Crippen LogP contribution in [0.3, 0.4) is 0 Å². The molecule has 0 spiro atoms. The molecule has 2 aromatic heterocycles. The maximum absolute atomic E-state index is 6.13. The first kappa shape index (κ1) is 23.3. The third-order valence-electron chi connectivity index (χ3n) is 6.41. The maximum atomic E-state index is 6.13. The van der Waals surface area contributed by atoms with E-state index in [-0.39, 0.29) is 12.1 Å². The molecule has 1 aromatic carbocycles. The molecule has 0 unspecified atom stereocenters. The maximum Gasteiger partial charge on any atom is 0.227 e. The quantitative estimate of drug-likeness (QED) is 0.498. The molecule has 178 valence electrons. The number of methoxy groups -OCH3 is 1. The molecule has 4 N–H and O–H groups in total. The molecule has 8 nitrogen and oxygen atoms in total. The number of hydrogen-bond acceptors (Lipinski definition) is 6. The van der Waals surface area contributed by atoms with Crippen LogP contribution in [0.1, 0.15) is 76.6 Å². The summed E-state index contributed by atoms with van der Waals surface area (Å²) in [7, 11) is 1.68. The second-order valence-electron chi connectivity index (χ2n) is 9.61. The molecule has 3 aromatic rings. The Bertz CT molecular complexity index is 1140. The molecule has 1 fully saturated rings. The van der Waals surface area contributed by atoms with E-state index in [0.717, 1.165) is 65.2 Å². The van der Waals surface area contributed by atoms with Crippen molar-refractivity contribution in [2.45, 2.75) is 84.0 Å². The second kappa shape index (κ2) is 9.95. The van der Waals surface area contributed by atoms with Crippen molar-refractivity contribution in [2.24, 2.45) is 10.7 Å². The lowest BCUT2D eigenvalue weighted by Crippen LogP contribution is -2.33. The lowest BCUT2D eigenvalue weighted by atomic mass is 9.92. The number of ether oxygens (including phenoxy) is 1. The molecule has 4 rings (SSSR count). The predicted molar refractivity (Wildman–Crippen MR) is 132 cm³/mol. The Balaban J connectivity index is 1.79. The molecule has 0 bridgehead atoms. The average Bonchev–Trinajstić information content (AvgIpc) is 3.24. The highest BCUT2D eigenvalue weighted by Gasteiger charge is 2.22. The molecule has 0 radical (unpaired) electrons. The van der Waals surface area contributed by atoms with Gasteiger partial charge in [-0.25, -0.2) is 4.99 Å². The van der Waals surface area contributed by atoms with E-state index in [0.29, 0.717) is 18.5 Å². The SMILES string of the molecule is COc1ccc(CNc2nc(=NC3CCC(N)CC3)n(C(C)C)c3c(C(C)C)[nH]nc23)cc1. The Labute approximate surface area is 195 Å². The molecule has 2 heterocycles. The number of aromatic nitrogens is 4. The van der Waals surface area contributed by atoms with Crippen LogP contribution < -0.4 is 21.4 Å². The lowest BCUT2D eigenvalue weighted by molar-refractivity contribution is 0.386. The van der Waals surface area contributed by atoms with Gasteiger partial charge < -0.3 is 20.4 Å². The fourth-order valence-corrected chi connectivity index (χ4v) is 4.49. The number of aromatic amines is 1. The standard InChI is InChI=1S/C25H37N7O/c1-15(2)21-23-22(31-30-21)24(27-14-17-6-12-20(33-5)13-7-17)29-25(32(23)16(3)4)28-19-10-8-18(26)9-11-19/h6-7,12-13,15-16,18-19H,8-11,14,26H2,1-5H3,(H,30,31)(H,27,28,29). The van der Waals surface area contributed by atoms with Gasteiger partial charge in [-0.15, -0.1) is 0 Å². The number of H-pyrrole nitrogens is 1. The van der Waals surface area contributed by atoms with Crippen LogP contribution in [0.5, 0.6) is 5.75 Å². The summed E-state index contributed by atoms with van der Waals surface area (Å²) < 4.78 is 7.51. The summed E-state index contributed by atoms with van der Waals surface area (Å²) in [5.41, 5.74) is 11.1. The Kier molecular flexibility index (Phi) is 7.02. The lowest BCUT2D eigenvalue weighted by Gasteiger charge is -2.24.